The molecule has 0 saturated heterocycles. The van der Waals surface area contributed by atoms with Gasteiger partial charge in [0.15, 0.2) is 12.4 Å². The van der Waals surface area contributed by atoms with Gasteiger partial charge < -0.3 is 9.64 Å². The van der Waals surface area contributed by atoms with E-state index in [4.69, 9.17) is 4.74 Å². The first-order valence-electron chi connectivity index (χ1n) is 7.66. The highest BCUT2D eigenvalue weighted by Gasteiger charge is 2.27. The Labute approximate surface area is 140 Å². The van der Waals surface area contributed by atoms with Crippen LogP contribution in [0.2, 0.25) is 0 Å². The summed E-state index contributed by atoms with van der Waals surface area (Å²) < 4.78 is 7.54. The van der Waals surface area contributed by atoms with Gasteiger partial charge in [-0.1, -0.05) is 19.1 Å². The summed E-state index contributed by atoms with van der Waals surface area (Å²) in [6.07, 6.45) is 0. The zero-order valence-electron chi connectivity index (χ0n) is 13.9. The normalized spacial score (nSPS) is 17.0. The molecule has 2 heterocycles. The lowest BCUT2D eigenvalue weighted by atomic mass is 10.2. The molecular formula is C17H21N3O2S. The van der Waals surface area contributed by atoms with Crippen LogP contribution < -0.4 is 9.64 Å². The van der Waals surface area contributed by atoms with Crippen LogP contribution in [0.1, 0.15) is 18.3 Å². The number of nitrogens with zero attached hydrogens (tertiary/aromatic N) is 3. The Morgan fingerprint density at radius 3 is 2.83 bits per heavy atom. The number of benzene rings is 1. The van der Waals surface area contributed by atoms with E-state index in [1.165, 1.54) is 0 Å². The second-order valence-electron chi connectivity index (χ2n) is 5.81. The van der Waals surface area contributed by atoms with Gasteiger partial charge in [0.05, 0.1) is 11.4 Å². The van der Waals surface area contributed by atoms with E-state index >= 15 is 0 Å². The van der Waals surface area contributed by atoms with Crippen LogP contribution in [-0.4, -0.2) is 34.1 Å². The van der Waals surface area contributed by atoms with Gasteiger partial charge in [0.25, 0.3) is 5.91 Å². The summed E-state index contributed by atoms with van der Waals surface area (Å²) in [4.78, 5) is 15.7. The van der Waals surface area contributed by atoms with Crippen LogP contribution in [0.5, 0.6) is 5.75 Å². The largest absolute Gasteiger partial charge is 0.480 e. The maximum atomic E-state index is 12.7. The van der Waals surface area contributed by atoms with Crippen molar-refractivity contribution in [1.29, 1.82) is 0 Å². The molecule has 6 heteroatoms. The van der Waals surface area contributed by atoms with Crippen LogP contribution in [0.4, 0.5) is 5.69 Å². The molecule has 1 unspecified atom stereocenters. The Kier molecular flexibility index (Phi) is 4.35. The van der Waals surface area contributed by atoms with Crippen LogP contribution in [0.3, 0.4) is 0 Å². The molecule has 1 amide bonds. The van der Waals surface area contributed by atoms with Gasteiger partial charge in [0.2, 0.25) is 0 Å². The van der Waals surface area contributed by atoms with Gasteiger partial charge in [-0.15, -0.1) is 11.8 Å². The van der Waals surface area contributed by atoms with E-state index in [9.17, 15) is 4.79 Å². The Hall–Kier alpha value is -1.95. The minimum absolute atomic E-state index is 0.0211. The fourth-order valence-corrected chi connectivity index (χ4v) is 3.91. The van der Waals surface area contributed by atoms with Crippen molar-refractivity contribution in [3.63, 3.8) is 0 Å². The molecule has 0 aliphatic carbocycles. The van der Waals surface area contributed by atoms with Gasteiger partial charge in [-0.3, -0.25) is 9.48 Å². The Balaban J connectivity index is 1.76. The van der Waals surface area contributed by atoms with Gasteiger partial charge in [0.1, 0.15) is 5.69 Å². The average Bonchev–Trinajstić information content (AvgIpc) is 2.77. The van der Waals surface area contributed by atoms with E-state index in [2.05, 4.69) is 18.1 Å². The highest BCUT2D eigenvalue weighted by atomic mass is 32.2. The van der Waals surface area contributed by atoms with E-state index in [1.807, 2.05) is 55.8 Å². The predicted octanol–water partition coefficient (Wildman–Crippen LogP) is 2.94. The van der Waals surface area contributed by atoms with Crippen LogP contribution >= 0.6 is 11.8 Å². The molecule has 0 N–H and O–H groups in total. The molecule has 1 aliphatic heterocycles. The van der Waals surface area contributed by atoms with Gasteiger partial charge in [0, 0.05) is 23.7 Å². The monoisotopic (exact) mass is 331 g/mol. The first kappa shape index (κ1) is 15.9. The number of carbonyl (C=O) groups excluding carboxylic acids is 1. The Morgan fingerprint density at radius 1 is 1.39 bits per heavy atom. The van der Waals surface area contributed by atoms with Crippen molar-refractivity contribution in [1.82, 2.24) is 9.78 Å². The zero-order chi connectivity index (χ0) is 16.6. The topological polar surface area (TPSA) is 47.4 Å². The molecule has 0 radical (unpaired) electrons. The standard InChI is InChI=1S/C17H21N3O2S/c1-11-9-20(14-7-5-6-8-15(14)23-11)16(21)10-22-17-12(2)18-19(4)13(17)3/h5-8,11H,9-10H2,1-4H3. The summed E-state index contributed by atoms with van der Waals surface area (Å²) in [6.45, 7) is 6.70. The summed E-state index contributed by atoms with van der Waals surface area (Å²) >= 11 is 1.81. The lowest BCUT2D eigenvalue weighted by molar-refractivity contribution is -0.120. The molecule has 0 fully saturated rings. The minimum atomic E-state index is -0.0211. The second kappa shape index (κ2) is 6.28. The summed E-state index contributed by atoms with van der Waals surface area (Å²) in [6, 6.07) is 8.02. The van der Waals surface area contributed by atoms with Crippen molar-refractivity contribution in [3.05, 3.63) is 35.7 Å². The smallest absolute Gasteiger partial charge is 0.264 e. The van der Waals surface area contributed by atoms with Crippen LogP contribution in [-0.2, 0) is 11.8 Å². The minimum Gasteiger partial charge on any atom is -0.480 e. The molecule has 0 bridgehead atoms. The third-order valence-electron chi connectivity index (χ3n) is 4.01. The third-order valence-corrected chi connectivity index (χ3v) is 5.16. The molecule has 0 saturated carbocycles. The Bertz CT molecular complexity index is 741. The van der Waals surface area contributed by atoms with Crippen molar-refractivity contribution < 1.29 is 9.53 Å². The molecule has 3 rings (SSSR count). The van der Waals surface area contributed by atoms with Gasteiger partial charge in [-0.05, 0) is 26.0 Å². The molecule has 1 atom stereocenters. The number of thioether (sulfide) groups is 1. The number of aryl methyl sites for hydroxylation is 2. The van der Waals surface area contributed by atoms with Gasteiger partial charge in [-0.2, -0.15) is 5.10 Å². The number of hydrogen-bond acceptors (Lipinski definition) is 4. The number of fused-ring (bicyclic) bond motifs is 1. The second-order valence-corrected chi connectivity index (χ2v) is 7.29. The number of carbonyl (C=O) groups is 1. The number of para-hydroxylation sites is 1. The molecule has 2 aromatic rings. The summed E-state index contributed by atoms with van der Waals surface area (Å²) in [7, 11) is 1.87. The fourth-order valence-electron chi connectivity index (χ4n) is 2.80. The molecule has 1 aromatic heterocycles. The van der Waals surface area contributed by atoms with Gasteiger partial charge in [-0.25, -0.2) is 0 Å². The first-order valence-corrected chi connectivity index (χ1v) is 8.54. The maximum absolute atomic E-state index is 12.7. The molecule has 122 valence electrons. The van der Waals surface area contributed by atoms with Crippen LogP contribution in [0.15, 0.2) is 29.2 Å². The van der Waals surface area contributed by atoms with Crippen LogP contribution in [0.25, 0.3) is 0 Å². The van der Waals surface area contributed by atoms with E-state index in [1.54, 1.807) is 4.68 Å². The molecule has 1 aromatic carbocycles. The molecule has 5 nitrogen and oxygen atoms in total. The SMILES string of the molecule is Cc1nn(C)c(C)c1OCC(=O)N1CC(C)Sc2ccccc21. The van der Waals surface area contributed by atoms with Gasteiger partial charge >= 0.3 is 0 Å². The lowest BCUT2D eigenvalue weighted by Gasteiger charge is -2.32. The molecular weight excluding hydrogens is 310 g/mol. The fraction of sp³-hybridized carbons (Fsp3) is 0.412. The zero-order valence-corrected chi connectivity index (χ0v) is 14.7. The molecule has 23 heavy (non-hydrogen) atoms. The third kappa shape index (κ3) is 3.08. The number of aromatic nitrogens is 2. The molecule has 0 spiro atoms. The number of rotatable bonds is 3. The van der Waals surface area contributed by atoms with E-state index in [0.29, 0.717) is 17.5 Å². The van der Waals surface area contributed by atoms with E-state index < -0.39 is 0 Å². The van der Waals surface area contributed by atoms with Crippen molar-refractivity contribution in [2.45, 2.75) is 30.9 Å². The summed E-state index contributed by atoms with van der Waals surface area (Å²) in [5.41, 5.74) is 2.71. The maximum Gasteiger partial charge on any atom is 0.264 e. The Morgan fingerprint density at radius 2 is 2.13 bits per heavy atom. The van der Waals surface area contributed by atoms with Crippen molar-refractivity contribution in [3.8, 4) is 5.75 Å². The highest BCUT2D eigenvalue weighted by molar-refractivity contribution is 8.00. The number of anilines is 1. The van der Waals surface area contributed by atoms with Crippen molar-refractivity contribution in [2.24, 2.45) is 7.05 Å². The predicted molar refractivity (Wildman–Crippen MR) is 92.3 cm³/mol. The summed E-state index contributed by atoms with van der Waals surface area (Å²) in [5.74, 6) is 0.681. The number of hydrogen-bond donors (Lipinski definition) is 0. The number of amides is 1. The first-order chi connectivity index (χ1) is 11.0. The van der Waals surface area contributed by atoms with E-state index in [-0.39, 0.29) is 12.5 Å². The molecule has 1 aliphatic rings. The quantitative estimate of drug-likeness (QED) is 0.867. The lowest BCUT2D eigenvalue weighted by Crippen LogP contribution is -2.41. The van der Waals surface area contributed by atoms with E-state index in [0.717, 1.165) is 22.0 Å². The highest BCUT2D eigenvalue weighted by Crippen LogP contribution is 2.38. The van der Waals surface area contributed by atoms with Crippen molar-refractivity contribution >= 4 is 23.4 Å². The average molecular weight is 331 g/mol. The summed E-state index contributed by atoms with van der Waals surface area (Å²) in [5, 5.41) is 4.68. The number of ether oxygens (including phenoxy) is 1. The van der Waals surface area contributed by atoms with Crippen molar-refractivity contribution in [2.75, 3.05) is 18.1 Å². The van der Waals surface area contributed by atoms with Crippen LogP contribution in [0, 0.1) is 13.8 Å².